The predicted octanol–water partition coefficient (Wildman–Crippen LogP) is 2.32. The third-order valence-electron chi connectivity index (χ3n) is 2.25. The van der Waals surface area contributed by atoms with Crippen molar-refractivity contribution in [1.82, 2.24) is 10.3 Å². The van der Waals surface area contributed by atoms with E-state index < -0.39 is 0 Å². The van der Waals surface area contributed by atoms with Crippen molar-refractivity contribution in [2.75, 3.05) is 13.7 Å². The molecule has 1 N–H and O–H groups in total. The van der Waals surface area contributed by atoms with E-state index in [2.05, 4.69) is 23.8 Å². The summed E-state index contributed by atoms with van der Waals surface area (Å²) in [6.07, 6.45) is 3.49. The zero-order valence-corrected chi connectivity index (χ0v) is 9.58. The van der Waals surface area contributed by atoms with Crippen molar-refractivity contribution >= 4 is 0 Å². The molecule has 1 aromatic heterocycles. The molecule has 15 heavy (non-hydrogen) atoms. The van der Waals surface area contributed by atoms with Gasteiger partial charge in [-0.1, -0.05) is 19.1 Å². The lowest BCUT2D eigenvalue weighted by Gasteiger charge is -2.20. The lowest BCUT2D eigenvalue weighted by molar-refractivity contribution is 0.402. The van der Waals surface area contributed by atoms with E-state index in [4.69, 9.17) is 4.74 Å². The van der Waals surface area contributed by atoms with Crippen LogP contribution in [0.25, 0.3) is 0 Å². The van der Waals surface area contributed by atoms with Crippen LogP contribution in [0.1, 0.15) is 25.5 Å². The van der Waals surface area contributed by atoms with Gasteiger partial charge in [0.1, 0.15) is 5.75 Å². The third kappa shape index (κ3) is 2.80. The van der Waals surface area contributed by atoms with Gasteiger partial charge in [0.2, 0.25) is 0 Å². The van der Waals surface area contributed by atoms with E-state index >= 15 is 0 Å². The Morgan fingerprint density at radius 1 is 1.67 bits per heavy atom. The Balaban J connectivity index is 3.04. The van der Waals surface area contributed by atoms with Gasteiger partial charge in [0, 0.05) is 11.8 Å². The first-order valence-corrected chi connectivity index (χ1v) is 5.07. The zero-order valence-electron chi connectivity index (χ0n) is 9.58. The quantitative estimate of drug-likeness (QED) is 0.751. The Morgan fingerprint density at radius 2 is 2.40 bits per heavy atom. The van der Waals surface area contributed by atoms with Gasteiger partial charge in [-0.05, 0) is 19.5 Å². The summed E-state index contributed by atoms with van der Waals surface area (Å²) in [6.45, 7) is 8.96. The second kappa shape index (κ2) is 5.51. The maximum Gasteiger partial charge on any atom is 0.142 e. The van der Waals surface area contributed by atoms with Crippen molar-refractivity contribution < 1.29 is 4.74 Å². The highest BCUT2D eigenvalue weighted by molar-refractivity contribution is 5.36. The molecule has 0 aliphatic heterocycles. The van der Waals surface area contributed by atoms with Crippen LogP contribution in [0.5, 0.6) is 5.75 Å². The molecule has 0 amide bonds. The van der Waals surface area contributed by atoms with Gasteiger partial charge in [-0.25, -0.2) is 0 Å². The number of hydrogen-bond acceptors (Lipinski definition) is 3. The molecular weight excluding hydrogens is 188 g/mol. The molecule has 3 heteroatoms. The number of hydrogen-bond donors (Lipinski definition) is 1. The smallest absolute Gasteiger partial charge is 0.142 e. The molecule has 0 saturated carbocycles. The van der Waals surface area contributed by atoms with Gasteiger partial charge in [-0.2, -0.15) is 0 Å². The van der Waals surface area contributed by atoms with Crippen LogP contribution in [0.15, 0.2) is 30.6 Å². The topological polar surface area (TPSA) is 34.2 Å². The monoisotopic (exact) mass is 206 g/mol. The normalized spacial score (nSPS) is 12.2. The molecule has 1 aromatic rings. The van der Waals surface area contributed by atoms with Crippen molar-refractivity contribution in [1.29, 1.82) is 0 Å². The molecule has 1 heterocycles. The molecular formula is C12H18N2O. The van der Waals surface area contributed by atoms with Crippen molar-refractivity contribution in [2.45, 2.75) is 19.9 Å². The number of aromatic nitrogens is 1. The number of pyridine rings is 1. The molecule has 0 aliphatic rings. The molecule has 0 bridgehead atoms. The molecule has 1 unspecified atom stereocenters. The Morgan fingerprint density at radius 3 is 2.93 bits per heavy atom. The average molecular weight is 206 g/mol. The minimum absolute atomic E-state index is 0.132. The van der Waals surface area contributed by atoms with Gasteiger partial charge < -0.3 is 10.1 Å². The molecule has 0 aliphatic carbocycles. The largest absolute Gasteiger partial charge is 0.495 e. The summed E-state index contributed by atoms with van der Waals surface area (Å²) in [4.78, 5) is 4.04. The van der Waals surface area contributed by atoms with Crippen LogP contribution in [0.2, 0.25) is 0 Å². The van der Waals surface area contributed by atoms with Crippen LogP contribution < -0.4 is 10.1 Å². The number of nitrogens with one attached hydrogen (secondary N) is 1. The molecule has 3 nitrogen and oxygen atoms in total. The van der Waals surface area contributed by atoms with E-state index in [9.17, 15) is 0 Å². The van der Waals surface area contributed by atoms with Gasteiger partial charge >= 0.3 is 0 Å². The van der Waals surface area contributed by atoms with E-state index in [1.54, 1.807) is 19.5 Å². The van der Waals surface area contributed by atoms with Crippen molar-refractivity contribution in [2.24, 2.45) is 0 Å². The second-order valence-corrected chi connectivity index (χ2v) is 3.45. The van der Waals surface area contributed by atoms with Crippen molar-refractivity contribution in [3.05, 3.63) is 36.2 Å². The molecule has 0 radical (unpaired) electrons. The van der Waals surface area contributed by atoms with Gasteiger partial charge in [0.25, 0.3) is 0 Å². The fraction of sp³-hybridized carbons (Fsp3) is 0.417. The fourth-order valence-electron chi connectivity index (χ4n) is 1.55. The highest BCUT2D eigenvalue weighted by Crippen LogP contribution is 2.27. The zero-order chi connectivity index (χ0) is 11.3. The second-order valence-electron chi connectivity index (χ2n) is 3.45. The summed E-state index contributed by atoms with van der Waals surface area (Å²) in [5.41, 5.74) is 2.16. The summed E-state index contributed by atoms with van der Waals surface area (Å²) in [5.74, 6) is 0.798. The molecule has 1 rings (SSSR count). The predicted molar refractivity (Wildman–Crippen MR) is 62.0 cm³/mol. The standard InChI is InChI=1S/C12H18N2O/c1-5-14-12(9(2)3)10-6-7-13-8-11(10)15-4/h6-8,12,14H,2,5H2,1,3-4H3. The molecule has 1 atom stereocenters. The Bertz CT molecular complexity index is 336. The van der Waals surface area contributed by atoms with Gasteiger partial charge in [0.15, 0.2) is 0 Å². The first-order valence-electron chi connectivity index (χ1n) is 5.07. The van der Waals surface area contributed by atoms with E-state index in [0.29, 0.717) is 0 Å². The van der Waals surface area contributed by atoms with Gasteiger partial charge in [-0.3, -0.25) is 4.98 Å². The average Bonchev–Trinajstić information content (AvgIpc) is 2.25. The summed E-state index contributed by atoms with van der Waals surface area (Å²) in [5, 5.41) is 3.37. The van der Waals surface area contributed by atoms with Crippen LogP contribution in [-0.2, 0) is 0 Å². The minimum atomic E-state index is 0.132. The highest BCUT2D eigenvalue weighted by Gasteiger charge is 2.15. The number of ether oxygens (including phenoxy) is 1. The van der Waals surface area contributed by atoms with E-state index in [1.807, 2.05) is 13.0 Å². The number of likely N-dealkylation sites (N-methyl/N-ethyl adjacent to an activating group) is 1. The maximum absolute atomic E-state index is 5.28. The molecule has 82 valence electrons. The SMILES string of the molecule is C=C(C)C(NCC)c1ccncc1OC. The minimum Gasteiger partial charge on any atom is -0.495 e. The molecule has 0 fully saturated rings. The lowest BCUT2D eigenvalue weighted by Crippen LogP contribution is -2.22. The van der Waals surface area contributed by atoms with Crippen LogP contribution in [0, 0.1) is 0 Å². The van der Waals surface area contributed by atoms with Crippen molar-refractivity contribution in [3.8, 4) is 5.75 Å². The molecule has 0 spiro atoms. The summed E-state index contributed by atoms with van der Waals surface area (Å²) in [6, 6.07) is 2.09. The van der Waals surface area contributed by atoms with Crippen LogP contribution in [-0.4, -0.2) is 18.6 Å². The summed E-state index contributed by atoms with van der Waals surface area (Å²) < 4.78 is 5.28. The maximum atomic E-state index is 5.28. The Labute approximate surface area is 91.2 Å². The Hall–Kier alpha value is -1.35. The van der Waals surface area contributed by atoms with Crippen LogP contribution in [0.4, 0.5) is 0 Å². The first kappa shape index (κ1) is 11.7. The van der Waals surface area contributed by atoms with Crippen LogP contribution >= 0.6 is 0 Å². The third-order valence-corrected chi connectivity index (χ3v) is 2.25. The van der Waals surface area contributed by atoms with E-state index in [0.717, 1.165) is 23.4 Å². The number of rotatable bonds is 5. The van der Waals surface area contributed by atoms with Crippen molar-refractivity contribution in [3.63, 3.8) is 0 Å². The van der Waals surface area contributed by atoms with Gasteiger partial charge in [-0.15, -0.1) is 0 Å². The molecule has 0 aromatic carbocycles. The fourth-order valence-corrected chi connectivity index (χ4v) is 1.55. The summed E-state index contributed by atoms with van der Waals surface area (Å²) >= 11 is 0. The number of methoxy groups -OCH3 is 1. The Kier molecular flexibility index (Phi) is 4.31. The van der Waals surface area contributed by atoms with E-state index in [-0.39, 0.29) is 6.04 Å². The number of nitrogens with zero attached hydrogens (tertiary/aromatic N) is 1. The summed E-state index contributed by atoms with van der Waals surface area (Å²) in [7, 11) is 1.65. The van der Waals surface area contributed by atoms with Gasteiger partial charge in [0.05, 0.1) is 19.3 Å². The highest BCUT2D eigenvalue weighted by atomic mass is 16.5. The van der Waals surface area contributed by atoms with Crippen LogP contribution in [0.3, 0.4) is 0 Å². The lowest BCUT2D eigenvalue weighted by atomic mass is 10.0. The van der Waals surface area contributed by atoms with E-state index in [1.165, 1.54) is 0 Å². The first-order chi connectivity index (χ1) is 7.20. The molecule has 0 saturated heterocycles.